The molecule has 1 atom stereocenters. The number of hydrogen-bond donors (Lipinski definition) is 2. The summed E-state index contributed by atoms with van der Waals surface area (Å²) in [5.41, 5.74) is 6.71. The molecule has 1 aromatic heterocycles. The third-order valence-electron chi connectivity index (χ3n) is 5.46. The van der Waals surface area contributed by atoms with Gasteiger partial charge in [-0.25, -0.2) is 9.97 Å². The Morgan fingerprint density at radius 3 is 2.56 bits per heavy atom. The van der Waals surface area contributed by atoms with E-state index in [9.17, 15) is 13.2 Å². The van der Waals surface area contributed by atoms with E-state index in [-0.39, 0.29) is 11.3 Å². The number of aromatic nitrogens is 2. The zero-order valence-electron chi connectivity index (χ0n) is 18.6. The topological polar surface area (TPSA) is 76.3 Å². The lowest BCUT2D eigenvalue weighted by Gasteiger charge is -2.39. The number of fused-ring (bicyclic) bond motifs is 2. The number of halogens is 3. The van der Waals surface area contributed by atoms with Crippen LogP contribution in [0, 0.1) is 6.92 Å². The smallest absolute Gasteiger partial charge is 0.416 e. The average Bonchev–Trinajstić information content (AvgIpc) is 2.64. The maximum absolute atomic E-state index is 13.2. The van der Waals surface area contributed by atoms with Crippen LogP contribution in [0.3, 0.4) is 0 Å². The molecule has 2 aromatic carbocycles. The van der Waals surface area contributed by atoms with Crippen LogP contribution >= 0.6 is 0 Å². The molecule has 32 heavy (non-hydrogen) atoms. The number of aryl methyl sites for hydroxylation is 1. The van der Waals surface area contributed by atoms with Crippen LogP contribution in [-0.4, -0.2) is 29.2 Å². The van der Waals surface area contributed by atoms with E-state index < -0.39 is 17.8 Å². The van der Waals surface area contributed by atoms with Gasteiger partial charge in [-0.1, -0.05) is 0 Å². The molecule has 0 saturated heterocycles. The minimum Gasteiger partial charge on any atom is -0.484 e. The lowest BCUT2D eigenvalue weighted by Crippen LogP contribution is -2.45. The summed E-state index contributed by atoms with van der Waals surface area (Å²) in [5.74, 6) is 1.81. The fraction of sp³-hybridized carbons (Fsp3) is 0.391. The highest BCUT2D eigenvalue weighted by Crippen LogP contribution is 2.41. The molecule has 170 valence electrons. The molecule has 9 heteroatoms. The Morgan fingerprint density at radius 2 is 1.88 bits per heavy atom. The summed E-state index contributed by atoms with van der Waals surface area (Å²) < 4.78 is 45.9. The molecule has 6 nitrogen and oxygen atoms in total. The van der Waals surface area contributed by atoms with Crippen molar-refractivity contribution in [2.45, 2.75) is 45.5 Å². The predicted octanol–water partition coefficient (Wildman–Crippen LogP) is 5.32. The number of nitrogens with one attached hydrogen (secondary N) is 1. The summed E-state index contributed by atoms with van der Waals surface area (Å²) in [6, 6.07) is 6.94. The molecule has 0 aliphatic carbocycles. The first-order chi connectivity index (χ1) is 14.8. The summed E-state index contributed by atoms with van der Waals surface area (Å²) in [6.45, 7) is 8.30. The molecule has 0 spiro atoms. The van der Waals surface area contributed by atoms with Gasteiger partial charge >= 0.3 is 6.18 Å². The fourth-order valence-electron chi connectivity index (χ4n) is 4.12. The maximum atomic E-state index is 13.2. The number of rotatable bonds is 3. The molecule has 3 N–H and O–H groups in total. The molecule has 0 amide bonds. The van der Waals surface area contributed by atoms with Gasteiger partial charge in [0.25, 0.3) is 0 Å². The molecule has 1 aliphatic rings. The molecule has 0 bridgehead atoms. The minimum absolute atomic E-state index is 0.0580. The van der Waals surface area contributed by atoms with Crippen LogP contribution in [0.25, 0.3) is 10.9 Å². The molecule has 4 rings (SSSR count). The first kappa shape index (κ1) is 22.0. The van der Waals surface area contributed by atoms with Crippen molar-refractivity contribution in [1.29, 1.82) is 0 Å². The Kier molecular flexibility index (Phi) is 5.10. The highest BCUT2D eigenvalue weighted by Gasteiger charge is 2.32. The van der Waals surface area contributed by atoms with E-state index in [0.29, 0.717) is 29.3 Å². The van der Waals surface area contributed by atoms with Crippen molar-refractivity contribution in [2.75, 3.05) is 29.5 Å². The number of likely N-dealkylation sites (N-methyl/N-ethyl adjacent to an activating group) is 1. The van der Waals surface area contributed by atoms with Crippen LogP contribution in [0.1, 0.15) is 43.8 Å². The Morgan fingerprint density at radius 1 is 1.16 bits per heavy atom. The average molecular weight is 445 g/mol. The van der Waals surface area contributed by atoms with Gasteiger partial charge in [0, 0.05) is 24.2 Å². The molecule has 3 aromatic rings. The second kappa shape index (κ2) is 7.43. The van der Waals surface area contributed by atoms with Crippen LogP contribution in [0.5, 0.6) is 5.75 Å². The van der Waals surface area contributed by atoms with E-state index >= 15 is 0 Å². The number of benzene rings is 2. The van der Waals surface area contributed by atoms with Gasteiger partial charge in [-0.3, -0.25) is 0 Å². The molecule has 1 aliphatic heterocycles. The number of nitrogens with zero attached hydrogens (tertiary/aromatic N) is 3. The van der Waals surface area contributed by atoms with E-state index in [4.69, 9.17) is 10.5 Å². The summed E-state index contributed by atoms with van der Waals surface area (Å²) in [4.78, 5) is 11.2. The minimum atomic E-state index is -4.47. The van der Waals surface area contributed by atoms with Crippen LogP contribution in [0.4, 0.5) is 30.4 Å². The first-order valence-electron chi connectivity index (χ1n) is 10.3. The van der Waals surface area contributed by atoms with E-state index in [1.807, 2.05) is 33.0 Å². The fourth-order valence-corrected chi connectivity index (χ4v) is 4.12. The zero-order chi connectivity index (χ0) is 23.4. The van der Waals surface area contributed by atoms with Crippen molar-refractivity contribution in [3.8, 4) is 5.75 Å². The van der Waals surface area contributed by atoms with Gasteiger partial charge in [0.15, 0.2) is 0 Å². The van der Waals surface area contributed by atoms with Crippen LogP contribution in [-0.2, 0) is 6.18 Å². The number of hydrogen-bond acceptors (Lipinski definition) is 6. The quantitative estimate of drug-likeness (QED) is 0.532. The monoisotopic (exact) mass is 445 g/mol. The first-order valence-corrected chi connectivity index (χ1v) is 10.3. The lowest BCUT2D eigenvalue weighted by molar-refractivity contribution is -0.137. The van der Waals surface area contributed by atoms with Crippen molar-refractivity contribution in [3.05, 3.63) is 47.3 Å². The SMILES string of the molecule is Cc1nc(N[C@H](C)c2cc(N)cc(C(F)(F)F)c2)c2cc3c(cc2n1)OC(C)(C)CN3C. The van der Waals surface area contributed by atoms with Gasteiger partial charge in [-0.15, -0.1) is 0 Å². The van der Waals surface area contributed by atoms with Crippen LogP contribution in [0.15, 0.2) is 30.3 Å². The summed E-state index contributed by atoms with van der Waals surface area (Å²) >= 11 is 0. The molecule has 0 saturated carbocycles. The van der Waals surface area contributed by atoms with Crippen molar-refractivity contribution >= 4 is 28.1 Å². The highest BCUT2D eigenvalue weighted by atomic mass is 19.4. The van der Waals surface area contributed by atoms with Crippen molar-refractivity contribution in [1.82, 2.24) is 9.97 Å². The van der Waals surface area contributed by atoms with Crippen molar-refractivity contribution < 1.29 is 17.9 Å². The van der Waals surface area contributed by atoms with Gasteiger partial charge in [-0.2, -0.15) is 13.2 Å². The van der Waals surface area contributed by atoms with Gasteiger partial charge in [-0.05, 0) is 57.5 Å². The highest BCUT2D eigenvalue weighted by molar-refractivity contribution is 5.94. The zero-order valence-corrected chi connectivity index (χ0v) is 18.6. The summed E-state index contributed by atoms with van der Waals surface area (Å²) in [6.07, 6.45) is -4.47. The third kappa shape index (κ3) is 4.24. The normalized spacial score (nSPS) is 16.4. The second-order valence-corrected chi connectivity index (χ2v) is 8.93. The third-order valence-corrected chi connectivity index (χ3v) is 5.46. The Bertz CT molecular complexity index is 1190. The van der Waals surface area contributed by atoms with Gasteiger partial charge in [0.1, 0.15) is 23.0 Å². The molecule has 0 fully saturated rings. The van der Waals surface area contributed by atoms with Crippen molar-refractivity contribution in [2.24, 2.45) is 0 Å². The number of nitrogens with two attached hydrogens (primary N) is 1. The van der Waals surface area contributed by atoms with Gasteiger partial charge in [0.05, 0.1) is 29.4 Å². The molecule has 0 unspecified atom stereocenters. The number of alkyl halides is 3. The molecule has 2 heterocycles. The molecule has 0 radical (unpaired) electrons. The number of ether oxygens (including phenoxy) is 1. The predicted molar refractivity (Wildman–Crippen MR) is 120 cm³/mol. The van der Waals surface area contributed by atoms with Crippen LogP contribution < -0.4 is 20.7 Å². The molecular formula is C23H26F3N5O. The number of nitrogen functional groups attached to an aromatic ring is 1. The standard InChI is InChI=1S/C23H26F3N5O/c1-12(14-6-15(23(24,25)26)8-16(27)7-14)28-21-17-9-19-20(10-18(17)29-13(2)30-21)32-22(3,4)11-31(19)5/h6-10,12H,11,27H2,1-5H3,(H,28,29,30)/t12-/m1/s1. The second-order valence-electron chi connectivity index (χ2n) is 8.93. The Labute approximate surface area is 184 Å². The number of anilines is 3. The summed E-state index contributed by atoms with van der Waals surface area (Å²) in [5, 5.41) is 4.01. The summed E-state index contributed by atoms with van der Waals surface area (Å²) in [7, 11) is 1.99. The van der Waals surface area contributed by atoms with E-state index in [2.05, 4.69) is 20.2 Å². The largest absolute Gasteiger partial charge is 0.484 e. The van der Waals surface area contributed by atoms with Gasteiger partial charge in [0.2, 0.25) is 0 Å². The van der Waals surface area contributed by atoms with Crippen molar-refractivity contribution in [3.63, 3.8) is 0 Å². The van der Waals surface area contributed by atoms with E-state index in [1.54, 1.807) is 13.8 Å². The van der Waals surface area contributed by atoms with Crippen LogP contribution in [0.2, 0.25) is 0 Å². The lowest BCUT2D eigenvalue weighted by atomic mass is 10.0. The van der Waals surface area contributed by atoms with E-state index in [0.717, 1.165) is 29.0 Å². The van der Waals surface area contributed by atoms with Gasteiger partial charge < -0.3 is 20.7 Å². The van der Waals surface area contributed by atoms with E-state index in [1.165, 1.54) is 6.07 Å². The maximum Gasteiger partial charge on any atom is 0.416 e. The Hall–Kier alpha value is -3.23. The Balaban J connectivity index is 1.75. The molecular weight excluding hydrogens is 419 g/mol.